The number of ether oxygens (including phenoxy) is 1. The Morgan fingerprint density at radius 2 is 1.56 bits per heavy atom. The van der Waals surface area contributed by atoms with Gasteiger partial charge >= 0.3 is 5.69 Å². The Balaban J connectivity index is 1.80. The highest BCUT2D eigenvalue weighted by Gasteiger charge is 2.25. The fourth-order valence-electron chi connectivity index (χ4n) is 3.71. The van der Waals surface area contributed by atoms with E-state index in [1.807, 2.05) is 0 Å². The normalized spacial score (nSPS) is 11.5. The fourth-order valence-corrected chi connectivity index (χ4v) is 5.12. The maximum atomic E-state index is 13.4. The van der Waals surface area contributed by atoms with E-state index >= 15 is 0 Å². The maximum absolute atomic E-state index is 13.4. The molecule has 0 aliphatic rings. The smallest absolute Gasteiger partial charge is 0.328 e. The molecule has 0 aliphatic carbocycles. The number of amides is 1. The number of carbonyl (C=O) groups excluding carboxylic acids is 1. The van der Waals surface area contributed by atoms with Crippen LogP contribution in [0.2, 0.25) is 0 Å². The summed E-state index contributed by atoms with van der Waals surface area (Å²) in [5.41, 5.74) is 1.21. The van der Waals surface area contributed by atoms with Gasteiger partial charge in [-0.05, 0) is 54.1 Å². The molecule has 0 bridgehead atoms. The Hall–Kier alpha value is -3.92. The summed E-state index contributed by atoms with van der Waals surface area (Å²) >= 11 is 0. The quantitative estimate of drug-likeness (QED) is 0.425. The number of nitrogens with zero attached hydrogens (tertiary/aromatic N) is 2. The molecule has 0 unspecified atom stereocenters. The van der Waals surface area contributed by atoms with Crippen molar-refractivity contribution in [3.05, 3.63) is 82.5 Å². The maximum Gasteiger partial charge on any atom is 0.328 e. The predicted molar refractivity (Wildman–Crippen MR) is 125 cm³/mol. The van der Waals surface area contributed by atoms with Gasteiger partial charge in [-0.15, -0.1) is 0 Å². The number of hydrogen-bond acceptors (Lipinski definition) is 5. The number of sulfone groups is 1. The van der Waals surface area contributed by atoms with Crippen LogP contribution in [0.5, 0.6) is 5.75 Å². The molecule has 0 radical (unpaired) electrons. The summed E-state index contributed by atoms with van der Waals surface area (Å²) < 4.78 is 48.1. The second kappa shape index (κ2) is 8.79. The number of aromatic nitrogens is 2. The zero-order valence-corrected chi connectivity index (χ0v) is 19.5. The van der Waals surface area contributed by atoms with Crippen molar-refractivity contribution < 1.29 is 22.3 Å². The molecule has 10 heteroatoms. The van der Waals surface area contributed by atoms with Gasteiger partial charge in [-0.1, -0.05) is 12.1 Å². The van der Waals surface area contributed by atoms with Crippen molar-refractivity contribution in [1.29, 1.82) is 0 Å². The lowest BCUT2D eigenvalue weighted by molar-refractivity contribution is -0.115. The van der Waals surface area contributed by atoms with Gasteiger partial charge in [0, 0.05) is 14.1 Å². The number of hydrogen-bond donors (Lipinski definition) is 1. The molecule has 4 aromatic rings. The second-order valence-electron chi connectivity index (χ2n) is 7.77. The van der Waals surface area contributed by atoms with Crippen molar-refractivity contribution in [3.8, 4) is 5.75 Å². The minimum Gasteiger partial charge on any atom is -0.497 e. The van der Waals surface area contributed by atoms with Gasteiger partial charge in [0.15, 0.2) is 0 Å². The van der Waals surface area contributed by atoms with E-state index in [0.717, 1.165) is 24.3 Å². The number of imidazole rings is 1. The van der Waals surface area contributed by atoms with E-state index in [4.69, 9.17) is 4.74 Å². The molecule has 1 heterocycles. The largest absolute Gasteiger partial charge is 0.497 e. The zero-order valence-electron chi connectivity index (χ0n) is 18.7. The monoisotopic (exact) mass is 483 g/mol. The highest BCUT2D eigenvalue weighted by molar-refractivity contribution is 7.91. The van der Waals surface area contributed by atoms with E-state index in [-0.39, 0.29) is 27.6 Å². The summed E-state index contributed by atoms with van der Waals surface area (Å²) in [4.78, 5) is 24.9. The van der Waals surface area contributed by atoms with Gasteiger partial charge in [-0.25, -0.2) is 17.6 Å². The Kier molecular flexibility index (Phi) is 6.01. The molecule has 176 valence electrons. The molecule has 0 saturated carbocycles. The molecule has 0 fully saturated rings. The number of anilines is 1. The van der Waals surface area contributed by atoms with Gasteiger partial charge < -0.3 is 10.1 Å². The van der Waals surface area contributed by atoms with E-state index in [1.165, 1.54) is 35.4 Å². The van der Waals surface area contributed by atoms with E-state index in [1.54, 1.807) is 31.3 Å². The van der Waals surface area contributed by atoms with Crippen LogP contribution in [-0.2, 0) is 35.1 Å². The molecule has 3 aromatic carbocycles. The lowest BCUT2D eigenvalue weighted by Crippen LogP contribution is -2.19. The molecule has 4 rings (SSSR count). The van der Waals surface area contributed by atoms with E-state index < -0.39 is 21.6 Å². The lowest BCUT2D eigenvalue weighted by atomic mass is 10.1. The first-order valence-electron chi connectivity index (χ1n) is 10.2. The lowest BCUT2D eigenvalue weighted by Gasteiger charge is -2.14. The Bertz CT molecular complexity index is 1550. The third kappa shape index (κ3) is 4.19. The number of methoxy groups -OCH3 is 1. The minimum absolute atomic E-state index is 0.00815. The van der Waals surface area contributed by atoms with Crippen molar-refractivity contribution in [2.45, 2.75) is 16.2 Å². The summed E-state index contributed by atoms with van der Waals surface area (Å²) in [5, 5.41) is 2.67. The molecule has 1 N–H and O–H groups in total. The standard InChI is InChI=1S/C24H22FN3O5S/c1-27-20-13-19(26-23(29)12-15-4-8-17(33-3)9-5-15)22(14-21(20)28(2)24(27)30)34(31,32)18-10-6-16(25)7-11-18/h4-11,13-14H,12H2,1-3H3,(H,26,29). The van der Waals surface area contributed by atoms with Crippen molar-refractivity contribution >= 4 is 32.5 Å². The minimum atomic E-state index is -4.15. The van der Waals surface area contributed by atoms with Crippen LogP contribution in [0.15, 0.2) is 75.2 Å². The molecule has 0 spiro atoms. The zero-order chi connectivity index (χ0) is 24.6. The van der Waals surface area contributed by atoms with Crippen molar-refractivity contribution in [2.75, 3.05) is 12.4 Å². The van der Waals surface area contributed by atoms with Gasteiger partial charge in [0.25, 0.3) is 0 Å². The molecule has 34 heavy (non-hydrogen) atoms. The van der Waals surface area contributed by atoms with Crippen LogP contribution in [0.4, 0.5) is 10.1 Å². The van der Waals surface area contributed by atoms with Crippen molar-refractivity contribution in [2.24, 2.45) is 14.1 Å². The first-order valence-corrected chi connectivity index (χ1v) is 11.7. The fraction of sp³-hybridized carbons (Fsp3) is 0.167. The van der Waals surface area contributed by atoms with Crippen LogP contribution in [0.1, 0.15) is 5.56 Å². The Morgan fingerprint density at radius 1 is 0.971 bits per heavy atom. The SMILES string of the molecule is COc1ccc(CC(=O)Nc2cc3c(cc2S(=O)(=O)c2ccc(F)cc2)n(C)c(=O)n3C)cc1. The van der Waals surface area contributed by atoms with Crippen LogP contribution >= 0.6 is 0 Å². The molecule has 0 atom stereocenters. The summed E-state index contributed by atoms with van der Waals surface area (Å²) in [6.45, 7) is 0. The number of rotatable bonds is 6. The summed E-state index contributed by atoms with van der Waals surface area (Å²) in [6, 6.07) is 14.1. The summed E-state index contributed by atoms with van der Waals surface area (Å²) in [6.07, 6.45) is -0.00815. The highest BCUT2D eigenvalue weighted by Crippen LogP contribution is 2.32. The van der Waals surface area contributed by atoms with Gasteiger partial charge in [0.1, 0.15) is 11.6 Å². The molecule has 8 nitrogen and oxygen atoms in total. The molecule has 1 aromatic heterocycles. The van der Waals surface area contributed by atoms with Crippen LogP contribution in [0.25, 0.3) is 11.0 Å². The first-order chi connectivity index (χ1) is 16.1. The topological polar surface area (TPSA) is 99.4 Å². The Labute approximate surface area is 195 Å². The number of carbonyl (C=O) groups is 1. The average molecular weight is 484 g/mol. The third-order valence-electron chi connectivity index (χ3n) is 5.58. The summed E-state index contributed by atoms with van der Waals surface area (Å²) in [5.74, 6) is -0.374. The predicted octanol–water partition coefficient (Wildman–Crippen LogP) is 3.04. The van der Waals surface area contributed by atoms with Crippen LogP contribution < -0.4 is 15.7 Å². The van der Waals surface area contributed by atoms with Crippen LogP contribution in [0.3, 0.4) is 0 Å². The Morgan fingerprint density at radius 3 is 2.15 bits per heavy atom. The van der Waals surface area contributed by atoms with Crippen molar-refractivity contribution in [1.82, 2.24) is 9.13 Å². The summed E-state index contributed by atoms with van der Waals surface area (Å²) in [7, 11) is 0.477. The molecule has 0 aliphatic heterocycles. The van der Waals surface area contributed by atoms with Gasteiger partial charge in [0.05, 0.1) is 40.0 Å². The van der Waals surface area contributed by atoms with Gasteiger partial charge in [-0.2, -0.15) is 0 Å². The average Bonchev–Trinajstić information content (AvgIpc) is 3.02. The number of halogens is 1. The van der Waals surface area contributed by atoms with Gasteiger partial charge in [0.2, 0.25) is 15.7 Å². The van der Waals surface area contributed by atoms with E-state index in [2.05, 4.69) is 5.32 Å². The molecular formula is C24H22FN3O5S. The molecule has 0 saturated heterocycles. The number of benzene rings is 3. The second-order valence-corrected chi connectivity index (χ2v) is 9.69. The van der Waals surface area contributed by atoms with Crippen LogP contribution in [0, 0.1) is 5.82 Å². The highest BCUT2D eigenvalue weighted by atomic mass is 32.2. The number of aryl methyl sites for hydroxylation is 2. The van der Waals surface area contributed by atoms with Gasteiger partial charge in [-0.3, -0.25) is 13.9 Å². The number of nitrogens with one attached hydrogen (secondary N) is 1. The van der Waals surface area contributed by atoms with E-state index in [9.17, 15) is 22.4 Å². The number of fused-ring (bicyclic) bond motifs is 1. The molecular weight excluding hydrogens is 461 g/mol. The third-order valence-corrected chi connectivity index (χ3v) is 7.39. The molecule has 1 amide bonds. The van der Waals surface area contributed by atoms with E-state index in [0.29, 0.717) is 22.3 Å². The first kappa shape index (κ1) is 23.2. The van der Waals surface area contributed by atoms with Crippen molar-refractivity contribution in [3.63, 3.8) is 0 Å². The van der Waals surface area contributed by atoms with Crippen LogP contribution in [-0.4, -0.2) is 30.6 Å².